The van der Waals surface area contributed by atoms with Crippen LogP contribution in [0.4, 0.5) is 10.1 Å². The van der Waals surface area contributed by atoms with Gasteiger partial charge in [0.1, 0.15) is 5.82 Å². The molecule has 6 nitrogen and oxygen atoms in total. The molecule has 2 aromatic rings. The molecule has 0 fully saturated rings. The van der Waals surface area contributed by atoms with Crippen molar-refractivity contribution in [3.8, 4) is 0 Å². The molecular formula is C15H13FN2O4S2. The molecule has 0 spiro atoms. The summed E-state index contributed by atoms with van der Waals surface area (Å²) < 4.78 is 41.2. The molecule has 1 unspecified atom stereocenters. The average Bonchev–Trinajstić information content (AvgIpc) is 2.55. The van der Waals surface area contributed by atoms with Gasteiger partial charge >= 0.3 is 0 Å². The summed E-state index contributed by atoms with van der Waals surface area (Å²) in [7, 11) is -4.11. The van der Waals surface area contributed by atoms with Crippen LogP contribution in [0.5, 0.6) is 0 Å². The number of rotatable bonds is 4. The Morgan fingerprint density at radius 2 is 2.00 bits per heavy atom. The van der Waals surface area contributed by atoms with Crippen LogP contribution in [-0.4, -0.2) is 19.1 Å². The van der Waals surface area contributed by atoms with E-state index in [1.54, 1.807) is 6.07 Å². The van der Waals surface area contributed by atoms with Gasteiger partial charge in [0.2, 0.25) is 10.0 Å². The number of para-hydroxylation sites is 1. The van der Waals surface area contributed by atoms with Crippen LogP contribution >= 0.6 is 11.8 Å². The number of nitro benzene ring substituents is 1. The van der Waals surface area contributed by atoms with Crippen LogP contribution < -0.4 is 4.72 Å². The highest BCUT2D eigenvalue weighted by Crippen LogP contribution is 2.37. The molecule has 1 aliphatic heterocycles. The lowest BCUT2D eigenvalue weighted by Crippen LogP contribution is -2.31. The molecule has 1 aliphatic rings. The number of thioether (sulfide) groups is 1. The first-order valence-corrected chi connectivity index (χ1v) is 9.53. The van der Waals surface area contributed by atoms with Gasteiger partial charge in [-0.15, -0.1) is 11.8 Å². The first-order valence-electron chi connectivity index (χ1n) is 7.06. The molecule has 3 rings (SSSR count). The Balaban J connectivity index is 1.98. The first kappa shape index (κ1) is 16.9. The molecule has 2 aromatic carbocycles. The van der Waals surface area contributed by atoms with Gasteiger partial charge < -0.3 is 0 Å². The molecule has 9 heteroatoms. The van der Waals surface area contributed by atoms with Gasteiger partial charge in [0, 0.05) is 17.0 Å². The summed E-state index contributed by atoms with van der Waals surface area (Å²) in [6.07, 6.45) is 0.473. The minimum Gasteiger partial charge on any atom is -0.258 e. The molecule has 0 amide bonds. The van der Waals surface area contributed by atoms with Gasteiger partial charge in [-0.05, 0) is 42.0 Å². The Bertz CT molecular complexity index is 902. The zero-order valence-electron chi connectivity index (χ0n) is 12.3. The Hall–Kier alpha value is -1.97. The third-order valence-electron chi connectivity index (χ3n) is 3.66. The van der Waals surface area contributed by atoms with Crippen LogP contribution in [0.1, 0.15) is 18.0 Å². The number of fused-ring (bicyclic) bond motifs is 1. The van der Waals surface area contributed by atoms with Gasteiger partial charge in [-0.3, -0.25) is 10.1 Å². The number of halogens is 1. The highest BCUT2D eigenvalue weighted by molar-refractivity contribution is 7.99. The lowest BCUT2D eigenvalue weighted by Gasteiger charge is -2.25. The molecular weight excluding hydrogens is 355 g/mol. The van der Waals surface area contributed by atoms with Crippen molar-refractivity contribution in [2.24, 2.45) is 0 Å². The number of hydrogen-bond donors (Lipinski definition) is 1. The van der Waals surface area contributed by atoms with Gasteiger partial charge in [-0.25, -0.2) is 17.5 Å². The molecule has 126 valence electrons. The highest BCUT2D eigenvalue weighted by Gasteiger charge is 2.30. The largest absolute Gasteiger partial charge is 0.289 e. The van der Waals surface area contributed by atoms with Gasteiger partial charge in [-0.2, -0.15) is 0 Å². The van der Waals surface area contributed by atoms with Crippen LogP contribution in [0.25, 0.3) is 0 Å². The fraction of sp³-hybridized carbons (Fsp3) is 0.200. The second-order valence-electron chi connectivity index (χ2n) is 5.22. The molecule has 0 saturated carbocycles. The topological polar surface area (TPSA) is 89.3 Å². The van der Waals surface area contributed by atoms with Crippen LogP contribution in [-0.2, 0) is 10.0 Å². The molecule has 1 atom stereocenters. The Labute approximate surface area is 142 Å². The van der Waals surface area contributed by atoms with Gasteiger partial charge in [0.25, 0.3) is 5.69 Å². The van der Waals surface area contributed by atoms with Crippen LogP contribution in [0.2, 0.25) is 0 Å². The number of nitrogens with one attached hydrogen (secondary N) is 1. The van der Waals surface area contributed by atoms with Gasteiger partial charge in [-0.1, -0.05) is 12.1 Å². The molecule has 24 heavy (non-hydrogen) atoms. The van der Waals surface area contributed by atoms with Crippen molar-refractivity contribution in [3.05, 3.63) is 64.0 Å². The summed E-state index contributed by atoms with van der Waals surface area (Å²) in [4.78, 5) is 10.7. The maximum atomic E-state index is 13.5. The van der Waals surface area contributed by atoms with Crippen LogP contribution in [0.15, 0.2) is 52.3 Å². The molecule has 0 saturated heterocycles. The maximum Gasteiger partial charge on any atom is 0.289 e. The van der Waals surface area contributed by atoms with Crippen molar-refractivity contribution in [3.63, 3.8) is 0 Å². The summed E-state index contributed by atoms with van der Waals surface area (Å²) in [5, 5.41) is 11.1. The first-order chi connectivity index (χ1) is 11.4. The van der Waals surface area contributed by atoms with Crippen LogP contribution in [0, 0.1) is 15.9 Å². The number of sulfonamides is 1. The standard InChI is InChI=1S/C15H13FN2O4S2/c16-10-5-6-14-11(9-10)12(7-8-23-14)17-24(21,22)15-4-2-1-3-13(15)18(19)20/h1-6,9,12,17H,7-8H2. The molecule has 1 heterocycles. The molecule has 0 radical (unpaired) electrons. The predicted molar refractivity (Wildman–Crippen MR) is 87.9 cm³/mol. The van der Waals surface area contributed by atoms with E-state index < -0.39 is 37.4 Å². The van der Waals surface area contributed by atoms with E-state index >= 15 is 0 Å². The van der Waals surface area contributed by atoms with Crippen molar-refractivity contribution in [2.75, 3.05) is 5.75 Å². The normalized spacial score (nSPS) is 17.3. The summed E-state index contributed by atoms with van der Waals surface area (Å²) in [6.45, 7) is 0. The Morgan fingerprint density at radius 3 is 2.75 bits per heavy atom. The van der Waals surface area contributed by atoms with E-state index in [2.05, 4.69) is 4.72 Å². The quantitative estimate of drug-likeness (QED) is 0.661. The SMILES string of the molecule is O=[N+]([O-])c1ccccc1S(=O)(=O)NC1CCSc2ccc(F)cc21. The highest BCUT2D eigenvalue weighted by atomic mass is 32.2. The van der Waals surface area contributed by atoms with Crippen molar-refractivity contribution in [2.45, 2.75) is 22.3 Å². The fourth-order valence-corrected chi connectivity index (χ4v) is 5.10. The summed E-state index contributed by atoms with van der Waals surface area (Å²) >= 11 is 1.52. The summed E-state index contributed by atoms with van der Waals surface area (Å²) in [6, 6.07) is 8.76. The lowest BCUT2D eigenvalue weighted by atomic mass is 10.0. The lowest BCUT2D eigenvalue weighted by molar-refractivity contribution is -0.387. The number of hydrogen-bond acceptors (Lipinski definition) is 5. The zero-order valence-corrected chi connectivity index (χ0v) is 13.9. The fourth-order valence-electron chi connectivity index (χ4n) is 2.57. The van der Waals surface area contributed by atoms with E-state index in [9.17, 15) is 22.9 Å². The summed E-state index contributed by atoms with van der Waals surface area (Å²) in [5.41, 5.74) is 0.0584. The van der Waals surface area contributed by atoms with E-state index in [-0.39, 0.29) is 0 Å². The smallest absolute Gasteiger partial charge is 0.258 e. The van der Waals surface area contributed by atoms with Crippen molar-refractivity contribution >= 4 is 27.5 Å². The zero-order chi connectivity index (χ0) is 17.3. The number of nitro groups is 1. The monoisotopic (exact) mass is 368 g/mol. The van der Waals surface area contributed by atoms with E-state index in [0.717, 1.165) is 11.0 Å². The Morgan fingerprint density at radius 1 is 1.25 bits per heavy atom. The number of benzene rings is 2. The molecule has 0 aromatic heterocycles. The van der Waals surface area contributed by atoms with E-state index in [0.29, 0.717) is 17.7 Å². The van der Waals surface area contributed by atoms with E-state index in [1.807, 2.05) is 0 Å². The third-order valence-corrected chi connectivity index (χ3v) is 6.30. The summed E-state index contributed by atoms with van der Waals surface area (Å²) in [5.74, 6) is 0.217. The van der Waals surface area contributed by atoms with Crippen molar-refractivity contribution in [1.29, 1.82) is 0 Å². The second kappa shape index (κ2) is 6.50. The van der Waals surface area contributed by atoms with Gasteiger partial charge in [0.15, 0.2) is 4.90 Å². The maximum absolute atomic E-state index is 13.5. The molecule has 1 N–H and O–H groups in total. The minimum atomic E-state index is -4.11. The molecule has 0 aliphatic carbocycles. The molecule has 0 bridgehead atoms. The minimum absolute atomic E-state index is 0.397. The van der Waals surface area contributed by atoms with E-state index in [1.165, 1.54) is 42.1 Å². The van der Waals surface area contributed by atoms with Crippen LogP contribution in [0.3, 0.4) is 0 Å². The van der Waals surface area contributed by atoms with Gasteiger partial charge in [0.05, 0.1) is 4.92 Å². The number of nitrogens with zero attached hydrogens (tertiary/aromatic N) is 1. The van der Waals surface area contributed by atoms with Crippen molar-refractivity contribution in [1.82, 2.24) is 4.72 Å². The van der Waals surface area contributed by atoms with Crippen molar-refractivity contribution < 1.29 is 17.7 Å². The average molecular weight is 368 g/mol. The second-order valence-corrected chi connectivity index (χ2v) is 8.04. The Kier molecular flexibility index (Phi) is 4.57. The van der Waals surface area contributed by atoms with E-state index in [4.69, 9.17) is 0 Å². The third kappa shape index (κ3) is 3.28. The predicted octanol–water partition coefficient (Wildman–Crippen LogP) is 3.25.